The highest BCUT2D eigenvalue weighted by atomic mass is 79.9. The monoisotopic (exact) mass is 510 g/mol. The molecule has 0 heterocycles. The minimum atomic E-state index is -0.459. The first-order valence-electron chi connectivity index (χ1n) is 9.48. The molecule has 0 aliphatic carbocycles. The minimum Gasteiger partial charge on any atom is -0.322 e. The van der Waals surface area contributed by atoms with Gasteiger partial charge in [0.1, 0.15) is 0 Å². The standard InChI is InChI=1S/C23H19BrN4O3S/c1-14-6-2-3-7-17(14)21(30)25-16-12-10-15(11-13-16)20(29)27-28-23(32)26-22(31)18-8-4-5-9-19(18)24/h2-13H,1H3,(H,25,30)(H,27,29)(H2,26,28,31,32). The molecule has 0 atom stereocenters. The van der Waals surface area contributed by atoms with Crippen molar-refractivity contribution < 1.29 is 14.4 Å². The largest absolute Gasteiger partial charge is 0.322 e. The minimum absolute atomic E-state index is 0.0544. The van der Waals surface area contributed by atoms with Crippen molar-refractivity contribution in [1.29, 1.82) is 0 Å². The fourth-order valence-electron chi connectivity index (χ4n) is 2.76. The lowest BCUT2D eigenvalue weighted by Gasteiger charge is -2.12. The Labute approximate surface area is 198 Å². The maximum absolute atomic E-state index is 12.4. The van der Waals surface area contributed by atoms with E-state index in [9.17, 15) is 14.4 Å². The lowest BCUT2D eigenvalue weighted by atomic mass is 10.1. The van der Waals surface area contributed by atoms with Crippen LogP contribution in [0.25, 0.3) is 0 Å². The van der Waals surface area contributed by atoms with Gasteiger partial charge in [0.15, 0.2) is 5.11 Å². The third-order valence-electron chi connectivity index (χ3n) is 4.43. The number of benzene rings is 3. The molecule has 4 N–H and O–H groups in total. The van der Waals surface area contributed by atoms with Gasteiger partial charge in [-0.3, -0.25) is 30.6 Å². The van der Waals surface area contributed by atoms with Crippen molar-refractivity contribution in [2.75, 3.05) is 5.32 Å². The molecule has 0 aliphatic rings. The number of hydrogen-bond donors (Lipinski definition) is 4. The Morgan fingerprint density at radius 2 is 1.38 bits per heavy atom. The number of carbonyl (C=O) groups excluding carboxylic acids is 3. The molecule has 3 aromatic carbocycles. The zero-order chi connectivity index (χ0) is 23.1. The zero-order valence-electron chi connectivity index (χ0n) is 16.9. The number of anilines is 1. The van der Waals surface area contributed by atoms with Crippen LogP contribution in [0, 0.1) is 6.92 Å². The lowest BCUT2D eigenvalue weighted by molar-refractivity contribution is 0.0934. The number of carbonyl (C=O) groups is 3. The molecule has 3 amide bonds. The van der Waals surface area contributed by atoms with Crippen molar-refractivity contribution in [2.24, 2.45) is 0 Å². The highest BCUT2D eigenvalue weighted by Crippen LogP contribution is 2.15. The number of amides is 3. The molecule has 0 bridgehead atoms. The van der Waals surface area contributed by atoms with Gasteiger partial charge in [-0.2, -0.15) is 0 Å². The summed E-state index contributed by atoms with van der Waals surface area (Å²) in [6, 6.07) is 20.5. The summed E-state index contributed by atoms with van der Waals surface area (Å²) in [6.45, 7) is 1.86. The van der Waals surface area contributed by atoms with E-state index < -0.39 is 11.8 Å². The van der Waals surface area contributed by atoms with Crippen molar-refractivity contribution in [3.63, 3.8) is 0 Å². The van der Waals surface area contributed by atoms with Gasteiger partial charge in [0, 0.05) is 21.3 Å². The average Bonchev–Trinajstić information content (AvgIpc) is 2.78. The van der Waals surface area contributed by atoms with E-state index in [4.69, 9.17) is 12.2 Å². The van der Waals surface area contributed by atoms with Gasteiger partial charge in [-0.1, -0.05) is 30.3 Å². The van der Waals surface area contributed by atoms with Gasteiger partial charge in [0.05, 0.1) is 5.56 Å². The summed E-state index contributed by atoms with van der Waals surface area (Å²) < 4.78 is 0.624. The Morgan fingerprint density at radius 1 is 0.750 bits per heavy atom. The van der Waals surface area contributed by atoms with Crippen molar-refractivity contribution >= 4 is 56.7 Å². The predicted molar refractivity (Wildman–Crippen MR) is 130 cm³/mol. The topological polar surface area (TPSA) is 99.3 Å². The van der Waals surface area contributed by atoms with Crippen LogP contribution >= 0.6 is 28.1 Å². The molecule has 9 heteroatoms. The lowest BCUT2D eigenvalue weighted by Crippen LogP contribution is -2.48. The highest BCUT2D eigenvalue weighted by Gasteiger charge is 2.12. The van der Waals surface area contributed by atoms with E-state index >= 15 is 0 Å². The van der Waals surface area contributed by atoms with Crippen LogP contribution in [0.1, 0.15) is 36.6 Å². The first-order chi connectivity index (χ1) is 15.3. The smallest absolute Gasteiger partial charge is 0.269 e. The quantitative estimate of drug-likeness (QED) is 0.314. The Balaban J connectivity index is 1.52. The van der Waals surface area contributed by atoms with Gasteiger partial charge < -0.3 is 5.32 Å². The summed E-state index contributed by atoms with van der Waals surface area (Å²) in [6.07, 6.45) is 0. The molecule has 3 rings (SSSR count). The van der Waals surface area contributed by atoms with Crippen LogP contribution in [-0.4, -0.2) is 22.8 Å². The molecule has 32 heavy (non-hydrogen) atoms. The Kier molecular flexibility index (Phi) is 7.69. The molecule has 162 valence electrons. The van der Waals surface area contributed by atoms with Crippen molar-refractivity contribution in [3.8, 4) is 0 Å². The fourth-order valence-corrected chi connectivity index (χ4v) is 3.37. The summed E-state index contributed by atoms with van der Waals surface area (Å²) in [5, 5.41) is 5.23. The third-order valence-corrected chi connectivity index (χ3v) is 5.33. The van der Waals surface area contributed by atoms with Crippen LogP contribution in [0.3, 0.4) is 0 Å². The van der Waals surface area contributed by atoms with Gasteiger partial charge in [-0.15, -0.1) is 0 Å². The van der Waals surface area contributed by atoms with Gasteiger partial charge >= 0.3 is 0 Å². The number of aryl methyl sites for hydroxylation is 1. The molecule has 0 fully saturated rings. The maximum Gasteiger partial charge on any atom is 0.269 e. The van der Waals surface area contributed by atoms with Crippen LogP contribution in [0.4, 0.5) is 5.69 Å². The first kappa shape index (κ1) is 23.1. The fraction of sp³-hybridized carbons (Fsp3) is 0.0435. The van der Waals surface area contributed by atoms with Gasteiger partial charge in [0.2, 0.25) is 0 Å². The normalized spacial score (nSPS) is 10.1. The van der Waals surface area contributed by atoms with Gasteiger partial charge in [0.25, 0.3) is 17.7 Å². The van der Waals surface area contributed by atoms with E-state index in [0.717, 1.165) is 5.56 Å². The zero-order valence-corrected chi connectivity index (χ0v) is 19.3. The second-order valence-electron chi connectivity index (χ2n) is 6.69. The third kappa shape index (κ3) is 5.99. The number of nitrogens with one attached hydrogen (secondary N) is 4. The van der Waals surface area contributed by atoms with Crippen LogP contribution in [-0.2, 0) is 0 Å². The van der Waals surface area contributed by atoms with Crippen molar-refractivity contribution in [3.05, 3.63) is 99.5 Å². The number of halogens is 1. The maximum atomic E-state index is 12.4. The molecule has 0 aromatic heterocycles. The molecule has 3 aromatic rings. The number of hydrogen-bond acceptors (Lipinski definition) is 4. The predicted octanol–water partition coefficient (Wildman–Crippen LogP) is 3.96. The first-order valence-corrected chi connectivity index (χ1v) is 10.7. The van der Waals surface area contributed by atoms with Crippen molar-refractivity contribution in [1.82, 2.24) is 16.2 Å². The molecule has 0 spiro atoms. The molecule has 0 saturated heterocycles. The molecule has 0 saturated carbocycles. The van der Waals surface area contributed by atoms with Crippen LogP contribution in [0.15, 0.2) is 77.3 Å². The molecule has 0 radical (unpaired) electrons. The SMILES string of the molecule is Cc1ccccc1C(=O)Nc1ccc(C(=O)NNC(=S)NC(=O)c2ccccc2Br)cc1. The molecule has 0 unspecified atom stereocenters. The highest BCUT2D eigenvalue weighted by molar-refractivity contribution is 9.10. The van der Waals surface area contributed by atoms with E-state index in [1.54, 1.807) is 60.7 Å². The Bertz CT molecular complexity index is 1180. The second-order valence-corrected chi connectivity index (χ2v) is 7.95. The van der Waals surface area contributed by atoms with E-state index in [0.29, 0.717) is 26.9 Å². The second kappa shape index (κ2) is 10.7. The summed E-state index contributed by atoms with van der Waals surface area (Å²) in [4.78, 5) is 36.9. The molecular weight excluding hydrogens is 492 g/mol. The number of rotatable bonds is 4. The summed E-state index contributed by atoms with van der Waals surface area (Å²) in [7, 11) is 0. The van der Waals surface area contributed by atoms with Crippen LogP contribution in [0.5, 0.6) is 0 Å². The van der Waals surface area contributed by atoms with Crippen LogP contribution < -0.4 is 21.5 Å². The Hall–Kier alpha value is -3.56. The summed E-state index contributed by atoms with van der Waals surface area (Å²) in [5.41, 5.74) is 7.66. The van der Waals surface area contributed by atoms with Gasteiger partial charge in [-0.05, 0) is 83.1 Å². The van der Waals surface area contributed by atoms with E-state index in [1.807, 2.05) is 19.1 Å². The molecule has 7 nitrogen and oxygen atoms in total. The number of hydrazine groups is 1. The van der Waals surface area contributed by atoms with Crippen molar-refractivity contribution in [2.45, 2.75) is 6.92 Å². The molecule has 0 aliphatic heterocycles. The average molecular weight is 511 g/mol. The van der Waals surface area contributed by atoms with Crippen LogP contribution in [0.2, 0.25) is 0 Å². The Morgan fingerprint density at radius 3 is 2.03 bits per heavy atom. The molecular formula is C23H19BrN4O3S. The van der Waals surface area contributed by atoms with Gasteiger partial charge in [-0.25, -0.2) is 0 Å². The summed E-state index contributed by atoms with van der Waals surface area (Å²) in [5.74, 6) is -1.11. The summed E-state index contributed by atoms with van der Waals surface area (Å²) >= 11 is 8.34. The van der Waals surface area contributed by atoms with E-state index in [1.165, 1.54) is 0 Å². The van der Waals surface area contributed by atoms with E-state index in [2.05, 4.69) is 37.4 Å². The number of thiocarbonyl (C=S) groups is 1. The van der Waals surface area contributed by atoms with E-state index in [-0.39, 0.29) is 11.0 Å².